The predicted octanol–water partition coefficient (Wildman–Crippen LogP) is 2.08. The number of aromatic amines is 1. The van der Waals surface area contributed by atoms with Crippen molar-refractivity contribution in [1.29, 1.82) is 0 Å². The average molecular weight is 252 g/mol. The smallest absolute Gasteiger partial charge is 0.280 e. The molecule has 0 spiro atoms. The largest absolute Gasteiger partial charge is 0.339 e. The summed E-state index contributed by atoms with van der Waals surface area (Å²) in [5.41, 5.74) is 1.13. The van der Waals surface area contributed by atoms with E-state index in [1.54, 1.807) is 10.9 Å². The molecule has 2 heterocycles. The zero-order chi connectivity index (χ0) is 12.4. The second-order valence-corrected chi connectivity index (χ2v) is 4.36. The summed E-state index contributed by atoms with van der Waals surface area (Å²) < 4.78 is 4.14. The highest BCUT2D eigenvalue weighted by molar-refractivity contribution is 7.71. The second-order valence-electron chi connectivity index (χ2n) is 3.99. The van der Waals surface area contributed by atoms with E-state index in [1.807, 2.05) is 11.5 Å². The maximum atomic E-state index is 12.2. The van der Waals surface area contributed by atoms with Crippen LogP contribution in [0, 0.1) is 4.77 Å². The Morgan fingerprint density at radius 2 is 1.94 bits per heavy atom. The minimum absolute atomic E-state index is 0.0725. The van der Waals surface area contributed by atoms with Crippen molar-refractivity contribution in [2.45, 2.75) is 39.8 Å². The first-order chi connectivity index (χ1) is 8.20. The van der Waals surface area contributed by atoms with E-state index in [0.717, 1.165) is 19.4 Å². The lowest BCUT2D eigenvalue weighted by molar-refractivity contribution is 0.575. The van der Waals surface area contributed by atoms with Crippen molar-refractivity contribution < 1.29 is 0 Å². The van der Waals surface area contributed by atoms with Gasteiger partial charge in [-0.25, -0.2) is 4.98 Å². The second kappa shape index (κ2) is 4.83. The molecule has 0 aromatic carbocycles. The predicted molar refractivity (Wildman–Crippen MR) is 69.8 cm³/mol. The number of nitrogens with zero attached hydrogens (tertiary/aromatic N) is 3. The molecule has 0 aliphatic carbocycles. The van der Waals surface area contributed by atoms with Crippen LogP contribution in [-0.2, 0) is 13.1 Å². The van der Waals surface area contributed by atoms with Gasteiger partial charge in [0.1, 0.15) is 5.52 Å². The quantitative estimate of drug-likeness (QED) is 0.848. The van der Waals surface area contributed by atoms with Gasteiger partial charge in [-0.2, -0.15) is 0 Å². The van der Waals surface area contributed by atoms with Gasteiger partial charge in [0.15, 0.2) is 10.4 Å². The highest BCUT2D eigenvalue weighted by Gasteiger charge is 2.11. The molecular weight excluding hydrogens is 236 g/mol. The molecule has 0 atom stereocenters. The maximum absolute atomic E-state index is 12.2. The topological polar surface area (TPSA) is 55.6 Å². The Labute approximate surface area is 104 Å². The maximum Gasteiger partial charge on any atom is 0.280 e. The van der Waals surface area contributed by atoms with E-state index in [2.05, 4.69) is 16.9 Å². The summed E-state index contributed by atoms with van der Waals surface area (Å²) in [5.74, 6) is 0. The van der Waals surface area contributed by atoms with E-state index in [4.69, 9.17) is 12.2 Å². The average Bonchev–Trinajstić information content (AvgIpc) is 2.79. The third-order valence-electron chi connectivity index (χ3n) is 2.69. The molecule has 0 saturated heterocycles. The third-order valence-corrected chi connectivity index (χ3v) is 3.13. The fourth-order valence-electron chi connectivity index (χ4n) is 1.95. The molecule has 0 fully saturated rings. The van der Waals surface area contributed by atoms with Gasteiger partial charge in [0.05, 0.1) is 6.33 Å². The van der Waals surface area contributed by atoms with E-state index in [1.165, 1.54) is 0 Å². The first-order valence-electron chi connectivity index (χ1n) is 5.87. The molecule has 0 unspecified atom stereocenters. The summed E-state index contributed by atoms with van der Waals surface area (Å²) in [5, 5.41) is 0. The monoisotopic (exact) mass is 252 g/mol. The van der Waals surface area contributed by atoms with Crippen molar-refractivity contribution in [2.24, 2.45) is 0 Å². The van der Waals surface area contributed by atoms with Crippen LogP contribution in [0.15, 0.2) is 11.1 Å². The van der Waals surface area contributed by atoms with E-state index in [-0.39, 0.29) is 5.56 Å². The van der Waals surface area contributed by atoms with Crippen LogP contribution < -0.4 is 5.56 Å². The van der Waals surface area contributed by atoms with Gasteiger partial charge >= 0.3 is 0 Å². The zero-order valence-corrected chi connectivity index (χ0v) is 10.9. The minimum Gasteiger partial charge on any atom is -0.339 e. The lowest BCUT2D eigenvalue weighted by Gasteiger charge is -2.11. The lowest BCUT2D eigenvalue weighted by Crippen LogP contribution is -2.25. The van der Waals surface area contributed by atoms with Crippen molar-refractivity contribution in [2.75, 3.05) is 0 Å². The summed E-state index contributed by atoms with van der Waals surface area (Å²) in [6.45, 7) is 5.54. The number of imidazole rings is 1. The Morgan fingerprint density at radius 3 is 2.59 bits per heavy atom. The van der Waals surface area contributed by atoms with Gasteiger partial charge in [-0.05, 0) is 25.1 Å². The first-order valence-corrected chi connectivity index (χ1v) is 6.28. The van der Waals surface area contributed by atoms with Crippen LogP contribution in [0.2, 0.25) is 0 Å². The molecule has 0 radical (unpaired) electrons. The number of rotatable bonds is 4. The zero-order valence-electron chi connectivity index (χ0n) is 10.1. The van der Waals surface area contributed by atoms with Crippen LogP contribution in [-0.4, -0.2) is 19.1 Å². The normalized spacial score (nSPS) is 11.2. The van der Waals surface area contributed by atoms with Gasteiger partial charge in [-0.15, -0.1) is 0 Å². The lowest BCUT2D eigenvalue weighted by atomic mass is 10.4. The summed E-state index contributed by atoms with van der Waals surface area (Å²) in [4.78, 5) is 19.3. The Kier molecular flexibility index (Phi) is 3.42. The SMILES string of the molecule is CCCn1c(=O)c2[nH]cnc2n(CCC)c1=S. The summed E-state index contributed by atoms with van der Waals surface area (Å²) in [6.07, 6.45) is 3.39. The Balaban J connectivity index is 2.82. The van der Waals surface area contributed by atoms with Crippen LogP contribution >= 0.6 is 12.2 Å². The number of fused-ring (bicyclic) bond motifs is 1. The highest BCUT2D eigenvalue weighted by atomic mass is 32.1. The fourth-order valence-corrected chi connectivity index (χ4v) is 2.31. The Morgan fingerprint density at radius 1 is 1.29 bits per heavy atom. The van der Waals surface area contributed by atoms with Gasteiger partial charge in [-0.1, -0.05) is 13.8 Å². The van der Waals surface area contributed by atoms with Crippen LogP contribution in [0.5, 0.6) is 0 Å². The molecule has 1 N–H and O–H groups in total. The molecular formula is C11H16N4OS. The van der Waals surface area contributed by atoms with Crippen LogP contribution in [0.4, 0.5) is 0 Å². The molecule has 0 aliphatic heterocycles. The molecule has 17 heavy (non-hydrogen) atoms. The van der Waals surface area contributed by atoms with E-state index in [0.29, 0.717) is 22.5 Å². The number of aryl methyl sites for hydroxylation is 1. The molecule has 6 heteroatoms. The number of nitrogens with one attached hydrogen (secondary N) is 1. The molecule has 2 aromatic heterocycles. The molecule has 2 rings (SSSR count). The van der Waals surface area contributed by atoms with Crippen LogP contribution in [0.3, 0.4) is 0 Å². The van der Waals surface area contributed by atoms with E-state index in [9.17, 15) is 4.79 Å². The summed E-state index contributed by atoms with van der Waals surface area (Å²) >= 11 is 5.38. The van der Waals surface area contributed by atoms with Gasteiger partial charge in [-0.3, -0.25) is 9.36 Å². The fraction of sp³-hybridized carbons (Fsp3) is 0.545. The minimum atomic E-state index is -0.0725. The van der Waals surface area contributed by atoms with Gasteiger partial charge in [0.25, 0.3) is 5.56 Å². The first kappa shape index (κ1) is 12.0. The standard InChI is InChI=1S/C11H16N4OS/c1-3-5-14-9-8(12-7-13-9)10(16)15(6-4-2)11(14)17/h7H,3-6H2,1-2H3,(H,12,13). The molecule has 0 aliphatic rings. The van der Waals surface area contributed by atoms with Crippen LogP contribution in [0.25, 0.3) is 11.2 Å². The molecule has 0 amide bonds. The van der Waals surface area contributed by atoms with E-state index >= 15 is 0 Å². The number of aromatic nitrogens is 4. The van der Waals surface area contributed by atoms with Crippen molar-refractivity contribution in [3.8, 4) is 0 Å². The molecule has 0 saturated carbocycles. The Bertz CT molecular complexity index is 637. The van der Waals surface area contributed by atoms with Crippen molar-refractivity contribution in [1.82, 2.24) is 19.1 Å². The summed E-state index contributed by atoms with van der Waals surface area (Å²) in [6, 6.07) is 0. The van der Waals surface area contributed by atoms with Gasteiger partial charge < -0.3 is 9.55 Å². The van der Waals surface area contributed by atoms with E-state index < -0.39 is 0 Å². The molecule has 5 nitrogen and oxygen atoms in total. The van der Waals surface area contributed by atoms with Crippen molar-refractivity contribution in [3.05, 3.63) is 21.5 Å². The van der Waals surface area contributed by atoms with Gasteiger partial charge in [0, 0.05) is 13.1 Å². The number of hydrogen-bond donors (Lipinski definition) is 1. The van der Waals surface area contributed by atoms with Gasteiger partial charge in [0.2, 0.25) is 0 Å². The molecule has 0 bridgehead atoms. The van der Waals surface area contributed by atoms with Crippen molar-refractivity contribution >= 4 is 23.4 Å². The van der Waals surface area contributed by atoms with Crippen molar-refractivity contribution in [3.63, 3.8) is 0 Å². The number of hydrogen-bond acceptors (Lipinski definition) is 3. The molecule has 2 aromatic rings. The molecule has 92 valence electrons. The third kappa shape index (κ3) is 1.93. The van der Waals surface area contributed by atoms with Crippen LogP contribution in [0.1, 0.15) is 26.7 Å². The highest BCUT2D eigenvalue weighted by Crippen LogP contribution is 2.07. The Hall–Kier alpha value is -1.43. The summed E-state index contributed by atoms with van der Waals surface area (Å²) in [7, 11) is 0. The number of H-pyrrole nitrogens is 1.